The van der Waals surface area contributed by atoms with E-state index in [4.69, 9.17) is 4.74 Å². The quantitative estimate of drug-likeness (QED) is 0.601. The molecule has 32 heavy (non-hydrogen) atoms. The number of nitrogens with zero attached hydrogens (tertiary/aromatic N) is 1. The molecule has 1 aliphatic heterocycles. The number of rotatable bonds is 9. The van der Waals surface area contributed by atoms with E-state index in [2.05, 4.69) is 27.1 Å². The first-order valence-corrected chi connectivity index (χ1v) is 12.4. The van der Waals surface area contributed by atoms with Crippen LogP contribution in [0, 0.1) is 20.8 Å². The summed E-state index contributed by atoms with van der Waals surface area (Å²) in [7, 11) is -3.66. The van der Waals surface area contributed by atoms with Crippen molar-refractivity contribution in [1.29, 1.82) is 0 Å². The molecular weight excluding hydrogens is 426 g/mol. The van der Waals surface area contributed by atoms with Gasteiger partial charge in [0.25, 0.3) is 0 Å². The van der Waals surface area contributed by atoms with Crippen LogP contribution >= 0.6 is 0 Å². The lowest BCUT2D eigenvalue weighted by atomic mass is 10.1. The zero-order valence-electron chi connectivity index (χ0n) is 19.1. The van der Waals surface area contributed by atoms with E-state index < -0.39 is 10.0 Å². The third kappa shape index (κ3) is 6.87. The molecule has 2 N–H and O–H groups in total. The first kappa shape index (κ1) is 24.4. The first-order valence-electron chi connectivity index (χ1n) is 11.0. The molecule has 1 amide bonds. The predicted molar refractivity (Wildman–Crippen MR) is 125 cm³/mol. The molecule has 0 saturated carbocycles. The summed E-state index contributed by atoms with van der Waals surface area (Å²) in [5.74, 6) is -0.191. The molecular formula is C24H33N3O4S. The highest BCUT2D eigenvalue weighted by molar-refractivity contribution is 7.89. The Labute approximate surface area is 191 Å². The Morgan fingerprint density at radius 3 is 2.38 bits per heavy atom. The molecule has 8 heteroatoms. The maximum absolute atomic E-state index is 12.7. The zero-order valence-corrected chi connectivity index (χ0v) is 19.9. The molecule has 174 valence electrons. The van der Waals surface area contributed by atoms with Crippen molar-refractivity contribution in [1.82, 2.24) is 14.9 Å². The van der Waals surface area contributed by atoms with Crippen LogP contribution in [-0.4, -0.2) is 52.1 Å². The fourth-order valence-corrected chi connectivity index (χ4v) is 5.59. The van der Waals surface area contributed by atoms with Crippen LogP contribution in [0.1, 0.15) is 34.2 Å². The maximum atomic E-state index is 12.7. The minimum atomic E-state index is -3.66. The van der Waals surface area contributed by atoms with Crippen LogP contribution in [0.15, 0.2) is 41.3 Å². The standard InChI is InChI=1S/C24H33N3O4S/c1-18-13-19(2)24(20(3)14-18)32(29,30)26-8-7-23(28)25-16-21-5-4-6-22(15-21)17-27-9-11-31-12-10-27/h4-6,13-15,26H,7-12,16-17H2,1-3H3,(H,25,28). The van der Waals surface area contributed by atoms with Crippen LogP contribution < -0.4 is 10.0 Å². The van der Waals surface area contributed by atoms with Crippen molar-refractivity contribution < 1.29 is 17.9 Å². The predicted octanol–water partition coefficient (Wildman–Crippen LogP) is 2.43. The summed E-state index contributed by atoms with van der Waals surface area (Å²) in [6.07, 6.45) is 0.0800. The Kier molecular flexibility index (Phi) is 8.42. The van der Waals surface area contributed by atoms with Gasteiger partial charge in [-0.25, -0.2) is 13.1 Å². The normalized spacial score (nSPS) is 15.0. The minimum Gasteiger partial charge on any atom is -0.379 e. The first-order chi connectivity index (χ1) is 15.2. The van der Waals surface area contributed by atoms with Crippen molar-refractivity contribution in [3.8, 4) is 0 Å². The van der Waals surface area contributed by atoms with Crippen LogP contribution in [0.3, 0.4) is 0 Å². The van der Waals surface area contributed by atoms with Crippen molar-refractivity contribution in [3.63, 3.8) is 0 Å². The van der Waals surface area contributed by atoms with E-state index in [0.717, 1.165) is 44.0 Å². The number of benzene rings is 2. The van der Waals surface area contributed by atoms with Gasteiger partial charge in [-0.2, -0.15) is 0 Å². The fourth-order valence-electron chi connectivity index (χ4n) is 4.11. The lowest BCUT2D eigenvalue weighted by Crippen LogP contribution is -2.35. The van der Waals surface area contributed by atoms with E-state index in [0.29, 0.717) is 22.6 Å². The van der Waals surface area contributed by atoms with Gasteiger partial charge in [-0.3, -0.25) is 9.69 Å². The highest BCUT2D eigenvalue weighted by Crippen LogP contribution is 2.21. The van der Waals surface area contributed by atoms with E-state index in [-0.39, 0.29) is 18.9 Å². The molecule has 1 fully saturated rings. The average Bonchev–Trinajstić information content (AvgIpc) is 2.72. The van der Waals surface area contributed by atoms with Crippen molar-refractivity contribution in [2.24, 2.45) is 0 Å². The maximum Gasteiger partial charge on any atom is 0.241 e. The molecule has 0 bridgehead atoms. The number of sulfonamides is 1. The lowest BCUT2D eigenvalue weighted by Gasteiger charge is -2.26. The number of ether oxygens (including phenoxy) is 1. The highest BCUT2D eigenvalue weighted by atomic mass is 32.2. The smallest absolute Gasteiger partial charge is 0.241 e. The summed E-state index contributed by atoms with van der Waals surface area (Å²) in [4.78, 5) is 14.9. The molecule has 2 aromatic carbocycles. The van der Waals surface area contributed by atoms with Gasteiger partial charge in [-0.05, 0) is 43.0 Å². The van der Waals surface area contributed by atoms with Crippen LogP contribution in [-0.2, 0) is 32.6 Å². The molecule has 2 aromatic rings. The second kappa shape index (κ2) is 11.0. The Hall–Kier alpha value is -2.26. The molecule has 1 heterocycles. The fraction of sp³-hybridized carbons (Fsp3) is 0.458. The van der Waals surface area contributed by atoms with Crippen molar-refractivity contribution in [2.45, 2.75) is 45.2 Å². The number of carbonyl (C=O) groups excluding carboxylic acids is 1. The average molecular weight is 460 g/mol. The van der Waals surface area contributed by atoms with Gasteiger partial charge in [-0.1, -0.05) is 42.0 Å². The largest absolute Gasteiger partial charge is 0.379 e. The topological polar surface area (TPSA) is 87.7 Å². The summed E-state index contributed by atoms with van der Waals surface area (Å²) in [5, 5.41) is 2.88. The number of aryl methyl sites for hydroxylation is 3. The number of amides is 1. The Balaban J connectivity index is 1.47. The highest BCUT2D eigenvalue weighted by Gasteiger charge is 2.19. The van der Waals surface area contributed by atoms with E-state index in [1.165, 1.54) is 5.56 Å². The second-order valence-electron chi connectivity index (χ2n) is 8.36. The SMILES string of the molecule is Cc1cc(C)c(S(=O)(=O)NCCC(=O)NCc2cccc(CN3CCOCC3)c2)c(C)c1. The second-order valence-corrected chi connectivity index (χ2v) is 10.1. The summed E-state index contributed by atoms with van der Waals surface area (Å²) < 4.78 is 33.3. The van der Waals surface area contributed by atoms with Gasteiger partial charge < -0.3 is 10.1 Å². The van der Waals surface area contributed by atoms with E-state index in [1.807, 2.05) is 31.2 Å². The Morgan fingerprint density at radius 1 is 1.03 bits per heavy atom. The lowest BCUT2D eigenvalue weighted by molar-refractivity contribution is -0.121. The summed E-state index contributed by atoms with van der Waals surface area (Å²) in [6, 6.07) is 11.9. The molecule has 0 spiro atoms. The molecule has 7 nitrogen and oxygen atoms in total. The van der Waals surface area contributed by atoms with Gasteiger partial charge in [0.05, 0.1) is 18.1 Å². The molecule has 0 aromatic heterocycles. The molecule has 1 aliphatic rings. The third-order valence-corrected chi connectivity index (χ3v) is 7.27. The summed E-state index contributed by atoms with van der Waals surface area (Å²) in [6.45, 7) is 10.2. The number of morpholine rings is 1. The van der Waals surface area contributed by atoms with E-state index in [9.17, 15) is 13.2 Å². The van der Waals surface area contributed by atoms with Gasteiger partial charge in [-0.15, -0.1) is 0 Å². The van der Waals surface area contributed by atoms with Crippen molar-refractivity contribution >= 4 is 15.9 Å². The number of nitrogens with one attached hydrogen (secondary N) is 2. The zero-order chi connectivity index (χ0) is 23.1. The van der Waals surface area contributed by atoms with Crippen LogP contribution in [0.25, 0.3) is 0 Å². The summed E-state index contributed by atoms with van der Waals surface area (Å²) >= 11 is 0. The monoisotopic (exact) mass is 459 g/mol. The van der Waals surface area contributed by atoms with E-state index in [1.54, 1.807) is 13.8 Å². The molecule has 1 saturated heterocycles. The Morgan fingerprint density at radius 2 is 1.69 bits per heavy atom. The van der Waals surface area contributed by atoms with Crippen molar-refractivity contribution in [2.75, 3.05) is 32.8 Å². The number of carbonyl (C=O) groups is 1. The summed E-state index contributed by atoms with van der Waals surface area (Å²) in [5.41, 5.74) is 4.66. The molecule has 0 radical (unpaired) electrons. The van der Waals surface area contributed by atoms with Gasteiger partial charge >= 0.3 is 0 Å². The molecule has 3 rings (SSSR count). The number of hydrogen-bond acceptors (Lipinski definition) is 5. The van der Waals surface area contributed by atoms with E-state index >= 15 is 0 Å². The van der Waals surface area contributed by atoms with Gasteiger partial charge in [0, 0.05) is 39.1 Å². The molecule has 0 atom stereocenters. The van der Waals surface area contributed by atoms with Crippen LogP contribution in [0.2, 0.25) is 0 Å². The van der Waals surface area contributed by atoms with Gasteiger partial charge in [0.2, 0.25) is 15.9 Å². The minimum absolute atomic E-state index is 0.0536. The molecule has 0 unspecified atom stereocenters. The van der Waals surface area contributed by atoms with Crippen LogP contribution in [0.4, 0.5) is 0 Å². The molecule has 0 aliphatic carbocycles. The number of hydrogen-bond donors (Lipinski definition) is 2. The van der Waals surface area contributed by atoms with Gasteiger partial charge in [0.1, 0.15) is 0 Å². The van der Waals surface area contributed by atoms with Crippen LogP contribution in [0.5, 0.6) is 0 Å². The van der Waals surface area contributed by atoms with Crippen molar-refractivity contribution in [3.05, 3.63) is 64.2 Å². The van der Waals surface area contributed by atoms with Gasteiger partial charge in [0.15, 0.2) is 0 Å². The Bertz CT molecular complexity index is 1020. The third-order valence-electron chi connectivity index (χ3n) is 5.51.